The highest BCUT2D eigenvalue weighted by molar-refractivity contribution is 7.89. The van der Waals surface area contributed by atoms with Gasteiger partial charge in [0.15, 0.2) is 0 Å². The maximum Gasteiger partial charge on any atom is 0.214 e. The Bertz CT molecular complexity index is 398. The van der Waals surface area contributed by atoms with Gasteiger partial charge in [0.25, 0.3) is 0 Å². The fraction of sp³-hybridized carbons (Fsp3) is 0.700. The molecule has 0 bridgehead atoms. The van der Waals surface area contributed by atoms with Crippen LogP contribution in [0.15, 0.2) is 12.4 Å². The van der Waals surface area contributed by atoms with Gasteiger partial charge in [-0.1, -0.05) is 13.8 Å². The highest BCUT2D eigenvalue weighted by Crippen LogP contribution is 2.08. The molecule has 1 heterocycles. The van der Waals surface area contributed by atoms with Crippen LogP contribution in [-0.2, 0) is 16.6 Å². The summed E-state index contributed by atoms with van der Waals surface area (Å²) in [4.78, 5) is 6.89. The molecule has 1 aromatic rings. The Labute approximate surface area is 96.9 Å². The van der Waals surface area contributed by atoms with Gasteiger partial charge in [0.1, 0.15) is 5.82 Å². The Hall–Kier alpha value is -0.880. The van der Waals surface area contributed by atoms with Crippen LogP contribution < -0.4 is 0 Å². The SMILES string of the molecule is CC(C)CCS(=O)(=O)N(C)Cc1ncc[nH]1. The lowest BCUT2D eigenvalue weighted by atomic mass is 10.2. The zero-order valence-corrected chi connectivity index (χ0v) is 10.8. The second-order valence-electron chi connectivity index (χ2n) is 4.29. The lowest BCUT2D eigenvalue weighted by Crippen LogP contribution is -2.29. The van der Waals surface area contributed by atoms with Crippen molar-refractivity contribution in [3.8, 4) is 0 Å². The van der Waals surface area contributed by atoms with Gasteiger partial charge in [-0.3, -0.25) is 0 Å². The van der Waals surface area contributed by atoms with Gasteiger partial charge in [0.2, 0.25) is 10.0 Å². The molecule has 1 N–H and O–H groups in total. The van der Waals surface area contributed by atoms with Crippen LogP contribution in [0.4, 0.5) is 0 Å². The van der Waals surface area contributed by atoms with Gasteiger partial charge in [0.05, 0.1) is 12.3 Å². The number of aromatic amines is 1. The van der Waals surface area contributed by atoms with E-state index in [-0.39, 0.29) is 5.75 Å². The van der Waals surface area contributed by atoms with Gasteiger partial charge in [-0.25, -0.2) is 13.4 Å². The standard InChI is InChI=1S/C10H19N3O2S/c1-9(2)4-7-16(14,15)13(3)8-10-11-5-6-12-10/h5-6,9H,4,7-8H2,1-3H3,(H,11,12). The topological polar surface area (TPSA) is 66.1 Å². The lowest BCUT2D eigenvalue weighted by molar-refractivity contribution is 0.452. The summed E-state index contributed by atoms with van der Waals surface area (Å²) in [5, 5.41) is 0. The first-order valence-electron chi connectivity index (χ1n) is 5.34. The van der Waals surface area contributed by atoms with Crippen LogP contribution in [0.2, 0.25) is 0 Å². The molecule has 0 spiro atoms. The predicted molar refractivity (Wildman–Crippen MR) is 63.3 cm³/mol. The first-order valence-corrected chi connectivity index (χ1v) is 6.95. The summed E-state index contributed by atoms with van der Waals surface area (Å²) in [6.45, 7) is 4.33. The fourth-order valence-corrected chi connectivity index (χ4v) is 2.63. The van der Waals surface area contributed by atoms with Crippen molar-refractivity contribution < 1.29 is 8.42 Å². The maximum absolute atomic E-state index is 11.8. The van der Waals surface area contributed by atoms with Gasteiger partial charge >= 0.3 is 0 Å². The summed E-state index contributed by atoms with van der Waals surface area (Å²) >= 11 is 0. The largest absolute Gasteiger partial charge is 0.347 e. The summed E-state index contributed by atoms with van der Waals surface area (Å²) in [5.74, 6) is 1.25. The highest BCUT2D eigenvalue weighted by Gasteiger charge is 2.18. The molecule has 16 heavy (non-hydrogen) atoms. The molecule has 1 rings (SSSR count). The van der Waals surface area contributed by atoms with Crippen LogP contribution in [-0.4, -0.2) is 35.5 Å². The number of sulfonamides is 1. The van der Waals surface area contributed by atoms with Gasteiger partial charge in [-0.15, -0.1) is 0 Å². The zero-order valence-electron chi connectivity index (χ0n) is 9.97. The minimum Gasteiger partial charge on any atom is -0.347 e. The fourth-order valence-electron chi connectivity index (χ4n) is 1.23. The molecule has 0 aromatic carbocycles. The Kier molecular flexibility index (Phi) is 4.49. The molecule has 0 saturated heterocycles. The molecule has 0 saturated carbocycles. The first kappa shape index (κ1) is 13.2. The van der Waals surface area contributed by atoms with Crippen molar-refractivity contribution in [3.05, 3.63) is 18.2 Å². The molecule has 92 valence electrons. The van der Waals surface area contributed by atoms with Crippen LogP contribution in [0, 0.1) is 5.92 Å². The van der Waals surface area contributed by atoms with Crippen LogP contribution in [0.1, 0.15) is 26.1 Å². The van der Waals surface area contributed by atoms with E-state index >= 15 is 0 Å². The molecule has 1 aromatic heterocycles. The Morgan fingerprint density at radius 3 is 2.69 bits per heavy atom. The third-order valence-corrected chi connectivity index (χ3v) is 4.19. The van der Waals surface area contributed by atoms with Crippen molar-refractivity contribution in [1.82, 2.24) is 14.3 Å². The number of hydrogen-bond acceptors (Lipinski definition) is 3. The van der Waals surface area contributed by atoms with E-state index in [1.165, 1.54) is 4.31 Å². The summed E-state index contributed by atoms with van der Waals surface area (Å²) in [5.41, 5.74) is 0. The number of imidazole rings is 1. The van der Waals surface area contributed by atoms with E-state index in [1.807, 2.05) is 13.8 Å². The van der Waals surface area contributed by atoms with Crippen molar-refractivity contribution in [3.63, 3.8) is 0 Å². The summed E-state index contributed by atoms with van der Waals surface area (Å²) in [6, 6.07) is 0. The normalized spacial score (nSPS) is 12.6. The quantitative estimate of drug-likeness (QED) is 0.819. The molecule has 0 aliphatic rings. The minimum absolute atomic E-state index is 0.196. The summed E-state index contributed by atoms with van der Waals surface area (Å²) in [7, 11) is -1.58. The molecule has 0 aliphatic heterocycles. The molecule has 5 nitrogen and oxygen atoms in total. The van der Waals surface area contributed by atoms with Gasteiger partial charge in [-0.05, 0) is 12.3 Å². The molecule has 0 radical (unpaired) electrons. The summed E-state index contributed by atoms with van der Waals surface area (Å²) < 4.78 is 25.0. The van der Waals surface area contributed by atoms with Crippen LogP contribution in [0.5, 0.6) is 0 Å². The van der Waals surface area contributed by atoms with E-state index in [1.54, 1.807) is 19.4 Å². The molecule has 6 heteroatoms. The van der Waals surface area contributed by atoms with Crippen molar-refractivity contribution >= 4 is 10.0 Å². The molecular formula is C10H19N3O2S. The third-order valence-electron chi connectivity index (χ3n) is 2.36. The monoisotopic (exact) mass is 245 g/mol. The molecule has 0 unspecified atom stereocenters. The number of aromatic nitrogens is 2. The maximum atomic E-state index is 11.8. The number of rotatable bonds is 6. The van der Waals surface area contributed by atoms with E-state index in [2.05, 4.69) is 9.97 Å². The zero-order chi connectivity index (χ0) is 12.2. The van der Waals surface area contributed by atoms with Crippen LogP contribution in [0.3, 0.4) is 0 Å². The Morgan fingerprint density at radius 1 is 1.50 bits per heavy atom. The van der Waals surface area contributed by atoms with Crippen molar-refractivity contribution in [2.24, 2.45) is 5.92 Å². The van der Waals surface area contributed by atoms with Crippen molar-refractivity contribution in [2.75, 3.05) is 12.8 Å². The van der Waals surface area contributed by atoms with E-state index in [4.69, 9.17) is 0 Å². The Morgan fingerprint density at radius 2 is 2.19 bits per heavy atom. The molecular weight excluding hydrogens is 226 g/mol. The van der Waals surface area contributed by atoms with Crippen LogP contribution >= 0.6 is 0 Å². The van der Waals surface area contributed by atoms with Crippen molar-refractivity contribution in [1.29, 1.82) is 0 Å². The van der Waals surface area contributed by atoms with E-state index < -0.39 is 10.0 Å². The van der Waals surface area contributed by atoms with E-state index in [0.717, 1.165) is 0 Å². The summed E-state index contributed by atoms with van der Waals surface area (Å²) in [6.07, 6.45) is 3.98. The average molecular weight is 245 g/mol. The lowest BCUT2D eigenvalue weighted by Gasteiger charge is -2.16. The molecule has 0 fully saturated rings. The number of nitrogens with zero attached hydrogens (tertiary/aromatic N) is 2. The van der Waals surface area contributed by atoms with Gasteiger partial charge in [0, 0.05) is 19.4 Å². The smallest absolute Gasteiger partial charge is 0.214 e. The van der Waals surface area contributed by atoms with Gasteiger partial charge < -0.3 is 4.98 Å². The molecule has 0 aliphatic carbocycles. The highest BCUT2D eigenvalue weighted by atomic mass is 32.2. The molecule has 0 atom stereocenters. The first-order chi connectivity index (χ1) is 7.42. The van der Waals surface area contributed by atoms with Gasteiger partial charge in [-0.2, -0.15) is 4.31 Å². The second-order valence-corrected chi connectivity index (χ2v) is 6.49. The molecule has 0 amide bonds. The van der Waals surface area contributed by atoms with Crippen molar-refractivity contribution in [2.45, 2.75) is 26.8 Å². The number of H-pyrrole nitrogens is 1. The minimum atomic E-state index is -3.16. The second kappa shape index (κ2) is 5.45. The third kappa shape index (κ3) is 3.94. The average Bonchev–Trinajstić information content (AvgIpc) is 2.67. The number of hydrogen-bond donors (Lipinski definition) is 1. The number of nitrogens with one attached hydrogen (secondary N) is 1. The van der Waals surface area contributed by atoms with E-state index in [9.17, 15) is 8.42 Å². The van der Waals surface area contributed by atoms with Crippen LogP contribution in [0.25, 0.3) is 0 Å². The Balaban J connectivity index is 2.55. The predicted octanol–water partition coefficient (Wildman–Crippen LogP) is 1.22. The van der Waals surface area contributed by atoms with E-state index in [0.29, 0.717) is 24.7 Å².